The maximum absolute atomic E-state index is 10.0. The van der Waals surface area contributed by atoms with E-state index in [2.05, 4.69) is 16.8 Å². The van der Waals surface area contributed by atoms with Crippen LogP contribution in [-0.2, 0) is 6.61 Å². The SMILES string of the molecule is COc1ccc(-c2nc(CO)c(N3CCC4(CCC[C@H]4C)CC3)nc2C)c(Cl)n1. The van der Waals surface area contributed by atoms with Gasteiger partial charge in [-0.25, -0.2) is 15.0 Å². The highest BCUT2D eigenvalue weighted by molar-refractivity contribution is 6.32. The molecular formula is C22H29ClN4O2. The molecule has 2 aromatic rings. The summed E-state index contributed by atoms with van der Waals surface area (Å²) in [7, 11) is 1.55. The summed E-state index contributed by atoms with van der Waals surface area (Å²) in [6, 6.07) is 3.58. The average molecular weight is 417 g/mol. The van der Waals surface area contributed by atoms with E-state index in [9.17, 15) is 5.11 Å². The zero-order valence-electron chi connectivity index (χ0n) is 17.4. The summed E-state index contributed by atoms with van der Waals surface area (Å²) in [5.74, 6) is 2.06. The number of aryl methyl sites for hydroxylation is 1. The minimum Gasteiger partial charge on any atom is -0.481 e. The predicted molar refractivity (Wildman–Crippen MR) is 114 cm³/mol. The van der Waals surface area contributed by atoms with Gasteiger partial charge >= 0.3 is 0 Å². The molecular weight excluding hydrogens is 388 g/mol. The van der Waals surface area contributed by atoms with Crippen molar-refractivity contribution in [3.05, 3.63) is 28.7 Å². The summed E-state index contributed by atoms with van der Waals surface area (Å²) in [6.45, 7) is 6.12. The van der Waals surface area contributed by atoms with Crippen LogP contribution < -0.4 is 9.64 Å². The van der Waals surface area contributed by atoms with E-state index in [1.54, 1.807) is 13.2 Å². The van der Waals surface area contributed by atoms with Crippen molar-refractivity contribution in [2.75, 3.05) is 25.1 Å². The third-order valence-corrected chi connectivity index (χ3v) is 7.26. The molecule has 1 aliphatic heterocycles. The quantitative estimate of drug-likeness (QED) is 0.744. The Balaban J connectivity index is 1.62. The fourth-order valence-electron chi connectivity index (χ4n) is 5.08. The Labute approximate surface area is 177 Å². The lowest BCUT2D eigenvalue weighted by Gasteiger charge is -2.43. The summed E-state index contributed by atoms with van der Waals surface area (Å²) in [5, 5.41) is 10.3. The number of pyridine rings is 1. The minimum absolute atomic E-state index is 0.158. The number of hydrogen-bond acceptors (Lipinski definition) is 6. The Morgan fingerprint density at radius 1 is 1.21 bits per heavy atom. The molecule has 0 aromatic carbocycles. The molecule has 29 heavy (non-hydrogen) atoms. The molecule has 1 N–H and O–H groups in total. The topological polar surface area (TPSA) is 71.4 Å². The number of aliphatic hydroxyl groups excluding tert-OH is 1. The number of anilines is 1. The van der Waals surface area contributed by atoms with Gasteiger partial charge in [0.15, 0.2) is 5.82 Å². The maximum Gasteiger partial charge on any atom is 0.214 e. The molecule has 6 nitrogen and oxygen atoms in total. The van der Waals surface area contributed by atoms with Gasteiger partial charge in [0, 0.05) is 24.7 Å². The van der Waals surface area contributed by atoms with Gasteiger partial charge in [-0.15, -0.1) is 0 Å². The lowest BCUT2D eigenvalue weighted by molar-refractivity contribution is 0.161. The van der Waals surface area contributed by atoms with Gasteiger partial charge in [0.25, 0.3) is 0 Å². The first-order chi connectivity index (χ1) is 14.0. The molecule has 1 saturated carbocycles. The first-order valence-corrected chi connectivity index (χ1v) is 10.8. The third kappa shape index (κ3) is 3.68. The number of aromatic nitrogens is 3. The largest absolute Gasteiger partial charge is 0.481 e. The summed E-state index contributed by atoms with van der Waals surface area (Å²) in [5.41, 5.74) is 3.21. The molecule has 2 aromatic heterocycles. The lowest BCUT2D eigenvalue weighted by atomic mass is 9.71. The van der Waals surface area contributed by atoms with Crippen molar-refractivity contribution in [2.24, 2.45) is 11.3 Å². The monoisotopic (exact) mass is 416 g/mol. The Kier molecular flexibility index (Phi) is 5.67. The molecule has 0 bridgehead atoms. The molecule has 1 atom stereocenters. The highest BCUT2D eigenvalue weighted by Gasteiger charge is 2.42. The Hall–Kier alpha value is -1.92. The molecule has 0 amide bonds. The van der Waals surface area contributed by atoms with Gasteiger partial charge in [-0.2, -0.15) is 0 Å². The standard InChI is InChI=1S/C22H29ClN4O2/c1-14-5-4-8-22(14)9-11-27(12-10-22)21-17(13-28)25-19(15(2)24-21)16-6-7-18(29-3)26-20(16)23/h6-7,14,28H,4-5,8-13H2,1-3H3/t14-/m1/s1. The average Bonchev–Trinajstić information content (AvgIpc) is 3.08. The van der Waals surface area contributed by atoms with E-state index in [4.69, 9.17) is 26.3 Å². The van der Waals surface area contributed by atoms with Crippen molar-refractivity contribution < 1.29 is 9.84 Å². The number of hydrogen-bond donors (Lipinski definition) is 1. The molecule has 1 saturated heterocycles. The number of aliphatic hydroxyl groups is 1. The van der Waals surface area contributed by atoms with E-state index in [-0.39, 0.29) is 6.61 Å². The molecule has 156 valence electrons. The second-order valence-corrected chi connectivity index (χ2v) is 8.78. The van der Waals surface area contributed by atoms with Gasteiger partial charge in [-0.3, -0.25) is 0 Å². The number of piperidine rings is 1. The Morgan fingerprint density at radius 3 is 2.55 bits per heavy atom. The second kappa shape index (κ2) is 8.07. The van der Waals surface area contributed by atoms with E-state index in [1.165, 1.54) is 32.1 Å². The van der Waals surface area contributed by atoms with Crippen molar-refractivity contribution >= 4 is 17.4 Å². The molecule has 4 rings (SSSR count). The van der Waals surface area contributed by atoms with E-state index < -0.39 is 0 Å². The maximum atomic E-state index is 10.0. The minimum atomic E-state index is -0.158. The molecule has 7 heteroatoms. The molecule has 2 fully saturated rings. The molecule has 1 aliphatic carbocycles. The smallest absolute Gasteiger partial charge is 0.214 e. The van der Waals surface area contributed by atoms with Crippen LogP contribution in [0.5, 0.6) is 5.88 Å². The van der Waals surface area contributed by atoms with E-state index in [0.29, 0.717) is 33.4 Å². The van der Waals surface area contributed by atoms with Crippen LogP contribution in [0.25, 0.3) is 11.3 Å². The number of halogens is 1. The van der Waals surface area contributed by atoms with Crippen LogP contribution in [0, 0.1) is 18.3 Å². The Morgan fingerprint density at radius 2 is 1.97 bits per heavy atom. The van der Waals surface area contributed by atoms with Crippen molar-refractivity contribution in [1.82, 2.24) is 15.0 Å². The summed E-state index contributed by atoms with van der Waals surface area (Å²) in [4.78, 5) is 16.1. The van der Waals surface area contributed by atoms with Crippen molar-refractivity contribution in [1.29, 1.82) is 0 Å². The molecule has 0 unspecified atom stereocenters. The second-order valence-electron chi connectivity index (χ2n) is 8.42. The fraction of sp³-hybridized carbons (Fsp3) is 0.591. The van der Waals surface area contributed by atoms with Gasteiger partial charge in [0.05, 0.1) is 25.1 Å². The number of methoxy groups -OCH3 is 1. The highest BCUT2D eigenvalue weighted by atomic mass is 35.5. The van der Waals surface area contributed by atoms with E-state index in [0.717, 1.165) is 30.5 Å². The molecule has 0 radical (unpaired) electrons. The van der Waals surface area contributed by atoms with Gasteiger partial charge in [0.1, 0.15) is 10.8 Å². The van der Waals surface area contributed by atoms with Gasteiger partial charge in [0.2, 0.25) is 5.88 Å². The van der Waals surface area contributed by atoms with Crippen LogP contribution in [0.3, 0.4) is 0 Å². The predicted octanol–water partition coefficient (Wildman–Crippen LogP) is 4.41. The third-order valence-electron chi connectivity index (χ3n) is 6.97. The summed E-state index contributed by atoms with van der Waals surface area (Å²) >= 11 is 6.35. The zero-order chi connectivity index (χ0) is 20.6. The normalized spacial score (nSPS) is 21.0. The van der Waals surface area contributed by atoms with Crippen LogP contribution >= 0.6 is 11.6 Å². The number of ether oxygens (including phenoxy) is 1. The molecule has 2 aliphatic rings. The molecule has 3 heterocycles. The fourth-order valence-corrected chi connectivity index (χ4v) is 5.32. The van der Waals surface area contributed by atoms with Crippen LogP contribution in [-0.4, -0.2) is 40.3 Å². The zero-order valence-corrected chi connectivity index (χ0v) is 18.2. The number of rotatable bonds is 4. The van der Waals surface area contributed by atoms with Crippen LogP contribution in [0.1, 0.15) is 50.4 Å². The van der Waals surface area contributed by atoms with Gasteiger partial charge in [-0.1, -0.05) is 31.4 Å². The van der Waals surface area contributed by atoms with Crippen LogP contribution in [0.4, 0.5) is 5.82 Å². The Bertz CT molecular complexity index is 897. The highest BCUT2D eigenvalue weighted by Crippen LogP contribution is 2.50. The lowest BCUT2D eigenvalue weighted by Crippen LogP contribution is -2.42. The van der Waals surface area contributed by atoms with Gasteiger partial charge < -0.3 is 14.7 Å². The van der Waals surface area contributed by atoms with E-state index in [1.807, 2.05) is 13.0 Å². The van der Waals surface area contributed by atoms with E-state index >= 15 is 0 Å². The van der Waals surface area contributed by atoms with Crippen molar-refractivity contribution in [3.8, 4) is 17.1 Å². The molecule has 1 spiro atoms. The first kappa shape index (κ1) is 20.4. The van der Waals surface area contributed by atoms with Gasteiger partial charge in [-0.05, 0) is 43.6 Å². The first-order valence-electron chi connectivity index (χ1n) is 10.4. The summed E-state index contributed by atoms with van der Waals surface area (Å²) < 4.78 is 5.13. The van der Waals surface area contributed by atoms with Crippen LogP contribution in [0.15, 0.2) is 12.1 Å². The summed E-state index contributed by atoms with van der Waals surface area (Å²) in [6.07, 6.45) is 6.44. The number of nitrogens with zero attached hydrogens (tertiary/aromatic N) is 4. The van der Waals surface area contributed by atoms with Crippen molar-refractivity contribution in [3.63, 3.8) is 0 Å². The van der Waals surface area contributed by atoms with Crippen molar-refractivity contribution in [2.45, 2.75) is 52.6 Å². The van der Waals surface area contributed by atoms with Crippen LogP contribution in [0.2, 0.25) is 5.15 Å².